The van der Waals surface area contributed by atoms with Crippen molar-refractivity contribution in [2.24, 2.45) is 0 Å². The third kappa shape index (κ3) is 4.74. The molecule has 2 rings (SSSR count). The average Bonchev–Trinajstić information content (AvgIpc) is 2.60. The van der Waals surface area contributed by atoms with Crippen molar-refractivity contribution in [1.82, 2.24) is 4.72 Å². The molecular formula is C18H22N2O5S. The van der Waals surface area contributed by atoms with Crippen molar-refractivity contribution in [3.8, 4) is 11.5 Å². The molecule has 2 aromatic carbocycles. The van der Waals surface area contributed by atoms with Crippen molar-refractivity contribution in [3.63, 3.8) is 0 Å². The Balaban J connectivity index is 2.06. The molecule has 0 atom stereocenters. The van der Waals surface area contributed by atoms with Crippen molar-refractivity contribution in [3.05, 3.63) is 47.5 Å². The summed E-state index contributed by atoms with van der Waals surface area (Å²) in [6, 6.07) is 9.92. The molecule has 140 valence electrons. The third-order valence-corrected chi connectivity index (χ3v) is 5.29. The lowest BCUT2D eigenvalue weighted by molar-refractivity contribution is -0.115. The van der Waals surface area contributed by atoms with E-state index in [1.54, 1.807) is 37.3 Å². The number of ether oxygens (including phenoxy) is 2. The van der Waals surface area contributed by atoms with Gasteiger partial charge in [-0.25, -0.2) is 13.1 Å². The number of methoxy groups -OCH3 is 2. The van der Waals surface area contributed by atoms with E-state index < -0.39 is 22.5 Å². The van der Waals surface area contributed by atoms with E-state index in [9.17, 15) is 13.2 Å². The van der Waals surface area contributed by atoms with E-state index in [-0.39, 0.29) is 4.90 Å². The summed E-state index contributed by atoms with van der Waals surface area (Å²) in [5.41, 5.74) is 2.00. The number of benzene rings is 2. The SMILES string of the molecule is COc1ccc(NC(=O)CNS(=O)(=O)c2ccc(C)cc2C)c(OC)c1. The molecule has 0 aliphatic carbocycles. The second-order valence-corrected chi connectivity index (χ2v) is 7.44. The Bertz CT molecular complexity index is 910. The molecule has 0 fully saturated rings. The summed E-state index contributed by atoms with van der Waals surface area (Å²) in [5, 5.41) is 2.61. The van der Waals surface area contributed by atoms with Gasteiger partial charge in [-0.15, -0.1) is 0 Å². The van der Waals surface area contributed by atoms with Crippen LogP contribution in [0, 0.1) is 13.8 Å². The van der Waals surface area contributed by atoms with Crippen molar-refractivity contribution >= 4 is 21.6 Å². The van der Waals surface area contributed by atoms with Crippen molar-refractivity contribution in [2.75, 3.05) is 26.1 Å². The Morgan fingerprint density at radius 3 is 2.38 bits per heavy atom. The highest BCUT2D eigenvalue weighted by Crippen LogP contribution is 2.28. The normalized spacial score (nSPS) is 11.1. The standard InChI is InChI=1S/C18H22N2O5S/c1-12-5-8-17(13(2)9-12)26(22,23)19-11-18(21)20-15-7-6-14(24-3)10-16(15)25-4/h5-10,19H,11H2,1-4H3,(H,20,21). The van der Waals surface area contributed by atoms with Crippen LogP contribution in [-0.4, -0.2) is 35.1 Å². The number of anilines is 1. The lowest BCUT2D eigenvalue weighted by atomic mass is 10.2. The monoisotopic (exact) mass is 378 g/mol. The summed E-state index contributed by atoms with van der Waals surface area (Å²) in [4.78, 5) is 12.3. The number of rotatable bonds is 7. The first kappa shape index (κ1) is 19.7. The minimum absolute atomic E-state index is 0.151. The molecule has 0 aromatic heterocycles. The number of amides is 1. The van der Waals surface area contributed by atoms with Gasteiger partial charge in [-0.3, -0.25) is 4.79 Å². The van der Waals surface area contributed by atoms with Gasteiger partial charge in [-0.05, 0) is 37.6 Å². The van der Waals surface area contributed by atoms with Gasteiger partial charge in [0, 0.05) is 6.07 Å². The first-order valence-electron chi connectivity index (χ1n) is 7.85. The molecule has 0 spiro atoms. The topological polar surface area (TPSA) is 93.7 Å². The van der Waals surface area contributed by atoms with Crippen LogP contribution < -0.4 is 19.5 Å². The minimum Gasteiger partial charge on any atom is -0.497 e. The molecule has 1 amide bonds. The fourth-order valence-electron chi connectivity index (χ4n) is 2.44. The van der Waals surface area contributed by atoms with E-state index in [1.807, 2.05) is 6.92 Å². The number of carbonyl (C=O) groups excluding carboxylic acids is 1. The second-order valence-electron chi connectivity index (χ2n) is 5.71. The van der Waals surface area contributed by atoms with Gasteiger partial charge >= 0.3 is 0 Å². The first-order chi connectivity index (χ1) is 12.3. The summed E-state index contributed by atoms with van der Waals surface area (Å²) >= 11 is 0. The van der Waals surface area contributed by atoms with Crippen LogP contribution in [0.25, 0.3) is 0 Å². The Morgan fingerprint density at radius 1 is 1.04 bits per heavy atom. The van der Waals surface area contributed by atoms with E-state index in [0.29, 0.717) is 22.7 Å². The molecule has 8 heteroatoms. The smallest absolute Gasteiger partial charge is 0.241 e. The van der Waals surface area contributed by atoms with Crippen LogP contribution in [0.3, 0.4) is 0 Å². The highest BCUT2D eigenvalue weighted by molar-refractivity contribution is 7.89. The molecule has 0 aliphatic heterocycles. The lowest BCUT2D eigenvalue weighted by Crippen LogP contribution is -2.33. The maximum atomic E-state index is 12.4. The molecule has 2 aromatic rings. The van der Waals surface area contributed by atoms with Gasteiger partial charge in [0.1, 0.15) is 11.5 Å². The van der Waals surface area contributed by atoms with E-state index in [1.165, 1.54) is 20.3 Å². The van der Waals surface area contributed by atoms with Crippen LogP contribution in [0.15, 0.2) is 41.3 Å². The van der Waals surface area contributed by atoms with Crippen LogP contribution >= 0.6 is 0 Å². The summed E-state index contributed by atoms with van der Waals surface area (Å²) < 4.78 is 37.4. The quantitative estimate of drug-likeness (QED) is 0.771. The van der Waals surface area contributed by atoms with Crippen LogP contribution in [0.2, 0.25) is 0 Å². The van der Waals surface area contributed by atoms with Gasteiger partial charge in [-0.1, -0.05) is 17.7 Å². The summed E-state index contributed by atoms with van der Waals surface area (Å²) in [6.45, 7) is 3.20. The number of sulfonamides is 1. The van der Waals surface area contributed by atoms with Crippen LogP contribution in [0.1, 0.15) is 11.1 Å². The Labute approximate surface area is 153 Å². The Morgan fingerprint density at radius 2 is 1.77 bits per heavy atom. The third-order valence-electron chi connectivity index (χ3n) is 3.73. The first-order valence-corrected chi connectivity index (χ1v) is 9.34. The maximum absolute atomic E-state index is 12.4. The number of hydrogen-bond donors (Lipinski definition) is 2. The highest BCUT2D eigenvalue weighted by atomic mass is 32.2. The van der Waals surface area contributed by atoms with Crippen LogP contribution in [0.5, 0.6) is 11.5 Å². The zero-order chi connectivity index (χ0) is 19.3. The van der Waals surface area contributed by atoms with Gasteiger partial charge < -0.3 is 14.8 Å². The molecule has 0 bridgehead atoms. The van der Waals surface area contributed by atoms with Gasteiger partial charge in [-0.2, -0.15) is 0 Å². The molecular weight excluding hydrogens is 356 g/mol. The maximum Gasteiger partial charge on any atom is 0.241 e. The number of carbonyl (C=O) groups is 1. The average molecular weight is 378 g/mol. The number of aryl methyl sites for hydroxylation is 2. The van der Waals surface area contributed by atoms with E-state index >= 15 is 0 Å². The predicted molar refractivity (Wildman–Crippen MR) is 99.3 cm³/mol. The minimum atomic E-state index is -3.78. The van der Waals surface area contributed by atoms with Crippen molar-refractivity contribution in [1.29, 1.82) is 0 Å². The van der Waals surface area contributed by atoms with Crippen molar-refractivity contribution < 1.29 is 22.7 Å². The van der Waals surface area contributed by atoms with Gasteiger partial charge in [0.15, 0.2) is 0 Å². The largest absolute Gasteiger partial charge is 0.497 e. The Kier molecular flexibility index (Phi) is 6.23. The van der Waals surface area contributed by atoms with Crippen LogP contribution in [-0.2, 0) is 14.8 Å². The summed E-state index contributed by atoms with van der Waals surface area (Å²) in [7, 11) is -0.795. The second kappa shape index (κ2) is 8.20. The highest BCUT2D eigenvalue weighted by Gasteiger charge is 2.18. The summed E-state index contributed by atoms with van der Waals surface area (Å²) in [6.07, 6.45) is 0. The molecule has 0 saturated carbocycles. The molecule has 26 heavy (non-hydrogen) atoms. The van der Waals surface area contributed by atoms with Gasteiger partial charge in [0.05, 0.1) is 31.3 Å². The molecule has 0 radical (unpaired) electrons. The molecule has 0 heterocycles. The summed E-state index contributed by atoms with van der Waals surface area (Å²) in [5.74, 6) is 0.479. The number of nitrogens with one attached hydrogen (secondary N) is 2. The molecule has 7 nitrogen and oxygen atoms in total. The van der Waals surface area contributed by atoms with Crippen LogP contribution in [0.4, 0.5) is 5.69 Å². The molecule has 0 unspecified atom stereocenters. The Hall–Kier alpha value is -2.58. The van der Waals surface area contributed by atoms with E-state index in [2.05, 4.69) is 10.0 Å². The van der Waals surface area contributed by atoms with Gasteiger partial charge in [0.2, 0.25) is 15.9 Å². The van der Waals surface area contributed by atoms with E-state index in [0.717, 1.165) is 5.56 Å². The van der Waals surface area contributed by atoms with Crippen molar-refractivity contribution in [2.45, 2.75) is 18.7 Å². The van der Waals surface area contributed by atoms with E-state index in [4.69, 9.17) is 9.47 Å². The predicted octanol–water partition coefficient (Wildman–Crippen LogP) is 2.24. The van der Waals surface area contributed by atoms with Gasteiger partial charge in [0.25, 0.3) is 0 Å². The fourth-order valence-corrected chi connectivity index (χ4v) is 3.64. The zero-order valence-corrected chi connectivity index (χ0v) is 15.9. The molecule has 0 aliphatic rings. The molecule has 2 N–H and O–H groups in total. The zero-order valence-electron chi connectivity index (χ0n) is 15.1. The fraction of sp³-hybridized carbons (Fsp3) is 0.278. The lowest BCUT2D eigenvalue weighted by Gasteiger charge is -2.13. The number of hydrogen-bond acceptors (Lipinski definition) is 5. The molecule has 0 saturated heterocycles.